The maximum absolute atomic E-state index is 11.7. The quantitative estimate of drug-likeness (QED) is 0.385. The van der Waals surface area contributed by atoms with E-state index in [2.05, 4.69) is 22.7 Å². The van der Waals surface area contributed by atoms with Gasteiger partial charge in [-0.2, -0.15) is 0 Å². The van der Waals surface area contributed by atoms with E-state index in [9.17, 15) is 4.79 Å². The fourth-order valence-corrected chi connectivity index (χ4v) is 1.33. The molecule has 16 heavy (non-hydrogen) atoms. The summed E-state index contributed by atoms with van der Waals surface area (Å²) in [6, 6.07) is 3.28. The highest BCUT2D eigenvalue weighted by Gasteiger charge is 2.05. The zero-order valence-corrected chi connectivity index (χ0v) is 9.49. The van der Waals surface area contributed by atoms with Gasteiger partial charge in [-0.05, 0) is 18.6 Å². The molecule has 0 saturated carbocycles. The van der Waals surface area contributed by atoms with E-state index in [4.69, 9.17) is 5.84 Å². The molecule has 0 unspecified atom stereocenters. The van der Waals surface area contributed by atoms with Gasteiger partial charge in [-0.1, -0.05) is 19.8 Å². The van der Waals surface area contributed by atoms with Crippen LogP contribution in [0.4, 0.5) is 5.82 Å². The van der Waals surface area contributed by atoms with Crippen molar-refractivity contribution in [2.45, 2.75) is 26.2 Å². The second-order valence-electron chi connectivity index (χ2n) is 3.54. The van der Waals surface area contributed by atoms with Crippen molar-refractivity contribution in [2.24, 2.45) is 5.84 Å². The number of nitrogens with one attached hydrogen (secondary N) is 2. The Morgan fingerprint density at radius 2 is 2.31 bits per heavy atom. The Kier molecular flexibility index (Phi) is 5.28. The average molecular weight is 222 g/mol. The molecule has 1 rings (SSSR count). The van der Waals surface area contributed by atoms with Gasteiger partial charge in [0.1, 0.15) is 5.82 Å². The predicted octanol–water partition coefficient (Wildman–Crippen LogP) is 1.29. The van der Waals surface area contributed by atoms with Crippen LogP contribution in [0.1, 0.15) is 36.5 Å². The van der Waals surface area contributed by atoms with Crippen LogP contribution in [0.2, 0.25) is 0 Å². The molecular weight excluding hydrogens is 204 g/mol. The first-order valence-electron chi connectivity index (χ1n) is 5.48. The summed E-state index contributed by atoms with van der Waals surface area (Å²) in [6.45, 7) is 2.84. The molecule has 0 bridgehead atoms. The Morgan fingerprint density at radius 3 is 3.00 bits per heavy atom. The van der Waals surface area contributed by atoms with Gasteiger partial charge in [0.2, 0.25) is 0 Å². The largest absolute Gasteiger partial charge is 0.352 e. The Labute approximate surface area is 95.4 Å². The van der Waals surface area contributed by atoms with Gasteiger partial charge in [0.15, 0.2) is 0 Å². The van der Waals surface area contributed by atoms with Crippen molar-refractivity contribution in [2.75, 3.05) is 12.0 Å². The minimum atomic E-state index is -0.0880. The van der Waals surface area contributed by atoms with Crippen LogP contribution in [-0.4, -0.2) is 17.4 Å². The van der Waals surface area contributed by atoms with E-state index in [0.29, 0.717) is 17.9 Å². The second kappa shape index (κ2) is 6.79. The molecule has 5 heteroatoms. The zero-order valence-electron chi connectivity index (χ0n) is 9.49. The third kappa shape index (κ3) is 3.86. The number of nitrogens with zero attached hydrogens (tertiary/aromatic N) is 1. The molecule has 0 radical (unpaired) electrons. The van der Waals surface area contributed by atoms with Crippen LogP contribution < -0.4 is 16.6 Å². The van der Waals surface area contributed by atoms with Gasteiger partial charge in [-0.15, -0.1) is 0 Å². The fourth-order valence-electron chi connectivity index (χ4n) is 1.33. The van der Waals surface area contributed by atoms with Crippen LogP contribution in [0.15, 0.2) is 18.3 Å². The number of anilines is 1. The van der Waals surface area contributed by atoms with Gasteiger partial charge >= 0.3 is 0 Å². The number of hydrazine groups is 1. The van der Waals surface area contributed by atoms with Gasteiger partial charge in [0, 0.05) is 18.3 Å². The van der Waals surface area contributed by atoms with Crippen molar-refractivity contribution < 1.29 is 4.79 Å². The SMILES string of the molecule is CCCCCNC(=O)c1ccnc(NN)c1. The number of hydrogen-bond donors (Lipinski definition) is 3. The molecule has 5 nitrogen and oxygen atoms in total. The summed E-state index contributed by atoms with van der Waals surface area (Å²) in [6.07, 6.45) is 4.84. The summed E-state index contributed by atoms with van der Waals surface area (Å²) in [5.41, 5.74) is 2.98. The Balaban J connectivity index is 2.46. The highest BCUT2D eigenvalue weighted by atomic mass is 16.1. The van der Waals surface area contributed by atoms with E-state index in [1.54, 1.807) is 18.3 Å². The molecular formula is C11H18N4O. The Bertz CT molecular complexity index is 341. The van der Waals surface area contributed by atoms with Crippen LogP contribution in [0, 0.1) is 0 Å². The number of amides is 1. The highest BCUT2D eigenvalue weighted by molar-refractivity contribution is 5.94. The van der Waals surface area contributed by atoms with Crippen molar-refractivity contribution in [1.29, 1.82) is 0 Å². The first-order valence-corrected chi connectivity index (χ1v) is 5.48. The Hall–Kier alpha value is -1.62. The zero-order chi connectivity index (χ0) is 11.8. The predicted molar refractivity (Wildman–Crippen MR) is 63.9 cm³/mol. The molecule has 0 saturated heterocycles. The van der Waals surface area contributed by atoms with E-state index in [0.717, 1.165) is 19.3 Å². The normalized spacial score (nSPS) is 9.88. The van der Waals surface area contributed by atoms with E-state index >= 15 is 0 Å². The average Bonchev–Trinajstić information content (AvgIpc) is 2.34. The molecule has 1 aromatic heterocycles. The topological polar surface area (TPSA) is 80.0 Å². The molecule has 1 amide bonds. The second-order valence-corrected chi connectivity index (χ2v) is 3.54. The summed E-state index contributed by atoms with van der Waals surface area (Å²) in [5, 5.41) is 2.85. The van der Waals surface area contributed by atoms with E-state index < -0.39 is 0 Å². The molecule has 1 aromatic rings. The van der Waals surface area contributed by atoms with Gasteiger partial charge in [0.25, 0.3) is 5.91 Å². The number of carbonyl (C=O) groups excluding carboxylic acids is 1. The Morgan fingerprint density at radius 1 is 1.50 bits per heavy atom. The lowest BCUT2D eigenvalue weighted by Crippen LogP contribution is -2.24. The van der Waals surface area contributed by atoms with Crippen LogP contribution in [0.25, 0.3) is 0 Å². The molecule has 4 N–H and O–H groups in total. The van der Waals surface area contributed by atoms with Gasteiger partial charge in [-0.25, -0.2) is 10.8 Å². The minimum Gasteiger partial charge on any atom is -0.352 e. The summed E-state index contributed by atoms with van der Waals surface area (Å²) in [7, 11) is 0. The van der Waals surface area contributed by atoms with Gasteiger partial charge < -0.3 is 10.7 Å². The highest BCUT2D eigenvalue weighted by Crippen LogP contribution is 2.05. The van der Waals surface area contributed by atoms with Crippen LogP contribution in [0.3, 0.4) is 0 Å². The molecule has 0 atom stereocenters. The smallest absolute Gasteiger partial charge is 0.251 e. The summed E-state index contributed by atoms with van der Waals surface area (Å²) < 4.78 is 0. The lowest BCUT2D eigenvalue weighted by atomic mass is 10.2. The van der Waals surface area contributed by atoms with Crippen molar-refractivity contribution in [3.63, 3.8) is 0 Å². The molecule has 0 aliphatic heterocycles. The van der Waals surface area contributed by atoms with Crippen LogP contribution in [-0.2, 0) is 0 Å². The molecule has 0 fully saturated rings. The van der Waals surface area contributed by atoms with E-state index in [1.807, 2.05) is 0 Å². The van der Waals surface area contributed by atoms with Gasteiger partial charge in [0.05, 0.1) is 0 Å². The standard InChI is InChI=1S/C11H18N4O/c1-2-3-4-6-14-11(16)9-5-7-13-10(8-9)15-12/h5,7-8H,2-4,6,12H2,1H3,(H,13,15)(H,14,16). The first-order chi connectivity index (χ1) is 7.77. The third-order valence-electron chi connectivity index (χ3n) is 2.24. The molecule has 0 aliphatic carbocycles. The molecule has 0 spiro atoms. The minimum absolute atomic E-state index is 0.0880. The van der Waals surface area contributed by atoms with Crippen molar-refractivity contribution >= 4 is 11.7 Å². The number of rotatable bonds is 6. The maximum Gasteiger partial charge on any atom is 0.251 e. The van der Waals surface area contributed by atoms with E-state index in [1.165, 1.54) is 0 Å². The number of unbranched alkanes of at least 4 members (excludes halogenated alkanes) is 2. The molecule has 0 aromatic carbocycles. The maximum atomic E-state index is 11.7. The number of nitrogen functional groups attached to an aromatic ring is 1. The molecule has 1 heterocycles. The number of nitrogens with two attached hydrogens (primary N) is 1. The lowest BCUT2D eigenvalue weighted by Gasteiger charge is -2.05. The number of aromatic nitrogens is 1. The van der Waals surface area contributed by atoms with Crippen molar-refractivity contribution in [3.05, 3.63) is 23.9 Å². The third-order valence-corrected chi connectivity index (χ3v) is 2.24. The number of carbonyl (C=O) groups is 1. The van der Waals surface area contributed by atoms with Gasteiger partial charge in [-0.3, -0.25) is 4.79 Å². The first kappa shape index (κ1) is 12.4. The fraction of sp³-hybridized carbons (Fsp3) is 0.455. The summed E-state index contributed by atoms with van der Waals surface area (Å²) >= 11 is 0. The van der Waals surface area contributed by atoms with Crippen molar-refractivity contribution in [1.82, 2.24) is 10.3 Å². The van der Waals surface area contributed by atoms with Crippen molar-refractivity contribution in [3.8, 4) is 0 Å². The van der Waals surface area contributed by atoms with Crippen LogP contribution >= 0.6 is 0 Å². The van der Waals surface area contributed by atoms with Crippen LogP contribution in [0.5, 0.6) is 0 Å². The number of pyridine rings is 1. The summed E-state index contributed by atoms with van der Waals surface area (Å²) in [4.78, 5) is 15.6. The van der Waals surface area contributed by atoms with E-state index in [-0.39, 0.29) is 5.91 Å². The monoisotopic (exact) mass is 222 g/mol. The molecule has 0 aliphatic rings. The summed E-state index contributed by atoms with van der Waals surface area (Å²) in [5.74, 6) is 5.61. The number of hydrogen-bond acceptors (Lipinski definition) is 4. The molecule has 88 valence electrons. The lowest BCUT2D eigenvalue weighted by molar-refractivity contribution is 0.0953.